The Morgan fingerprint density at radius 2 is 2.04 bits per heavy atom. The number of nitrogens with one attached hydrogen (secondary N) is 2. The molecule has 8 nitrogen and oxygen atoms in total. The monoisotopic (exact) mass is 389 g/mol. The topological polar surface area (TPSA) is 119 Å². The number of benzene rings is 1. The van der Waals surface area contributed by atoms with E-state index in [1.807, 2.05) is 30.3 Å². The van der Waals surface area contributed by atoms with Crippen LogP contribution in [-0.2, 0) is 4.79 Å². The number of fused-ring (bicyclic) bond motifs is 1. The third kappa shape index (κ3) is 3.70. The Balaban J connectivity index is 1.88. The lowest BCUT2D eigenvalue weighted by molar-refractivity contribution is -0.117. The number of aromatic nitrogens is 2. The Bertz CT molecular complexity index is 1030. The van der Waals surface area contributed by atoms with Gasteiger partial charge in [-0.05, 0) is 11.6 Å². The molecule has 4 N–H and O–H groups in total. The Labute approximate surface area is 156 Å². The molecule has 0 atom stereocenters. The molecule has 134 valence electrons. The fraction of sp³-hybridized carbons (Fsp3) is 0.125. The smallest absolute Gasteiger partial charge is 0.321 e. The number of thioether (sulfide) groups is 1. The molecule has 3 rings (SSSR count). The van der Waals surface area contributed by atoms with Crippen LogP contribution in [0.4, 0.5) is 4.79 Å². The van der Waals surface area contributed by atoms with Crippen molar-refractivity contribution in [3.05, 3.63) is 46.8 Å². The van der Waals surface area contributed by atoms with Crippen LogP contribution >= 0.6 is 23.1 Å². The van der Waals surface area contributed by atoms with Gasteiger partial charge < -0.3 is 11.2 Å². The van der Waals surface area contributed by atoms with Crippen LogP contribution in [-0.4, -0.2) is 34.4 Å². The predicted molar refractivity (Wildman–Crippen MR) is 103 cm³/mol. The highest BCUT2D eigenvalue weighted by atomic mass is 32.2. The lowest BCUT2D eigenvalue weighted by atomic mass is 10.2. The van der Waals surface area contributed by atoms with Crippen molar-refractivity contribution < 1.29 is 9.59 Å². The minimum Gasteiger partial charge on any atom is -0.341 e. The Morgan fingerprint density at radius 3 is 2.73 bits per heavy atom. The molecule has 3 amide bonds. The molecular weight excluding hydrogens is 374 g/mol. The van der Waals surface area contributed by atoms with Gasteiger partial charge in [-0.25, -0.2) is 14.5 Å². The van der Waals surface area contributed by atoms with E-state index in [1.165, 1.54) is 18.4 Å². The van der Waals surface area contributed by atoms with E-state index in [4.69, 9.17) is 5.84 Å². The Kier molecular flexibility index (Phi) is 5.24. The van der Waals surface area contributed by atoms with Crippen molar-refractivity contribution in [2.75, 3.05) is 18.6 Å². The van der Waals surface area contributed by atoms with Gasteiger partial charge in [-0.2, -0.15) is 0 Å². The van der Waals surface area contributed by atoms with Crippen LogP contribution in [0.25, 0.3) is 20.7 Å². The molecule has 26 heavy (non-hydrogen) atoms. The summed E-state index contributed by atoms with van der Waals surface area (Å²) in [6.07, 6.45) is 0. The molecule has 0 saturated carbocycles. The highest BCUT2D eigenvalue weighted by Crippen LogP contribution is 2.31. The average Bonchev–Trinajstić information content (AvgIpc) is 3.08. The van der Waals surface area contributed by atoms with Gasteiger partial charge >= 0.3 is 6.03 Å². The lowest BCUT2D eigenvalue weighted by Crippen LogP contribution is -2.38. The largest absolute Gasteiger partial charge is 0.341 e. The number of thiophene rings is 1. The number of nitrogen functional groups attached to an aromatic ring is 1. The molecule has 2 aromatic heterocycles. The number of hydrogen-bond acceptors (Lipinski definition) is 7. The summed E-state index contributed by atoms with van der Waals surface area (Å²) in [5, 5.41) is 5.05. The van der Waals surface area contributed by atoms with Crippen LogP contribution in [0.1, 0.15) is 0 Å². The molecule has 0 fully saturated rings. The number of rotatable bonds is 4. The van der Waals surface area contributed by atoms with Crippen LogP contribution in [0, 0.1) is 0 Å². The van der Waals surface area contributed by atoms with Gasteiger partial charge in [0.05, 0.1) is 11.1 Å². The zero-order valence-corrected chi connectivity index (χ0v) is 15.3. The minimum atomic E-state index is -0.602. The van der Waals surface area contributed by atoms with Crippen molar-refractivity contribution in [2.24, 2.45) is 0 Å². The first-order valence-electron chi connectivity index (χ1n) is 7.51. The molecule has 10 heteroatoms. The van der Waals surface area contributed by atoms with Crippen molar-refractivity contribution in [3.8, 4) is 10.4 Å². The molecule has 0 radical (unpaired) electrons. The summed E-state index contributed by atoms with van der Waals surface area (Å²) < 4.78 is 0.918. The minimum absolute atomic E-state index is 0.0977. The van der Waals surface area contributed by atoms with Gasteiger partial charge in [0.2, 0.25) is 5.91 Å². The molecule has 0 aliphatic heterocycles. The third-order valence-corrected chi connectivity index (χ3v) is 5.47. The molecule has 0 bridgehead atoms. The number of carbonyl (C=O) groups excluding carboxylic acids is 2. The number of imide groups is 1. The molecular formula is C16H15N5O3S2. The van der Waals surface area contributed by atoms with E-state index in [9.17, 15) is 14.4 Å². The van der Waals surface area contributed by atoms with E-state index in [2.05, 4.69) is 15.6 Å². The molecule has 0 aliphatic rings. The number of carbonyl (C=O) groups is 2. The van der Waals surface area contributed by atoms with Crippen LogP contribution in [0.3, 0.4) is 0 Å². The first kappa shape index (κ1) is 18.0. The third-order valence-electron chi connectivity index (χ3n) is 3.44. The summed E-state index contributed by atoms with van der Waals surface area (Å²) >= 11 is 2.36. The second kappa shape index (κ2) is 7.58. The Morgan fingerprint density at radius 1 is 1.31 bits per heavy atom. The fourth-order valence-electron chi connectivity index (χ4n) is 2.18. The number of nitrogens with zero attached hydrogens (tertiary/aromatic N) is 2. The van der Waals surface area contributed by atoms with Crippen LogP contribution < -0.4 is 22.0 Å². The van der Waals surface area contributed by atoms with E-state index in [-0.39, 0.29) is 16.5 Å². The van der Waals surface area contributed by atoms with Gasteiger partial charge in [-0.3, -0.25) is 14.9 Å². The van der Waals surface area contributed by atoms with Crippen molar-refractivity contribution in [2.45, 2.75) is 5.16 Å². The highest BCUT2D eigenvalue weighted by molar-refractivity contribution is 7.99. The maximum atomic E-state index is 12.5. The predicted octanol–water partition coefficient (Wildman–Crippen LogP) is 1.39. The van der Waals surface area contributed by atoms with Gasteiger partial charge in [-0.1, -0.05) is 42.1 Å². The zero-order valence-electron chi connectivity index (χ0n) is 13.7. The normalized spacial score (nSPS) is 10.7. The van der Waals surface area contributed by atoms with E-state index in [1.54, 1.807) is 6.07 Å². The molecule has 0 spiro atoms. The highest BCUT2D eigenvalue weighted by Gasteiger charge is 2.15. The summed E-state index contributed by atoms with van der Waals surface area (Å²) in [4.78, 5) is 41.1. The average molecular weight is 389 g/mol. The van der Waals surface area contributed by atoms with Crippen LogP contribution in [0.5, 0.6) is 0 Å². The van der Waals surface area contributed by atoms with Crippen molar-refractivity contribution in [1.82, 2.24) is 20.3 Å². The summed E-state index contributed by atoms with van der Waals surface area (Å²) in [6, 6.07) is 10.8. The number of hydrogen-bond donors (Lipinski definition) is 3. The second-order valence-electron chi connectivity index (χ2n) is 5.18. The molecule has 0 unspecified atom stereocenters. The van der Waals surface area contributed by atoms with Gasteiger partial charge in [0, 0.05) is 11.9 Å². The van der Waals surface area contributed by atoms with Gasteiger partial charge in [-0.15, -0.1) is 11.3 Å². The molecule has 2 heterocycles. The zero-order chi connectivity index (χ0) is 18.7. The second-order valence-corrected chi connectivity index (χ2v) is 7.15. The van der Waals surface area contributed by atoms with Crippen molar-refractivity contribution in [1.29, 1.82) is 0 Å². The van der Waals surface area contributed by atoms with E-state index < -0.39 is 11.9 Å². The van der Waals surface area contributed by atoms with Gasteiger partial charge in [0.25, 0.3) is 5.56 Å². The maximum Gasteiger partial charge on any atom is 0.321 e. The van der Waals surface area contributed by atoms with Gasteiger partial charge in [0.15, 0.2) is 5.16 Å². The summed E-state index contributed by atoms with van der Waals surface area (Å²) in [7, 11) is 1.41. The fourth-order valence-corrected chi connectivity index (χ4v) is 3.97. The van der Waals surface area contributed by atoms with E-state index >= 15 is 0 Å². The summed E-state index contributed by atoms with van der Waals surface area (Å²) in [5.41, 5.74) is 0.597. The molecule has 1 aromatic carbocycles. The SMILES string of the molecule is CNC(=O)NC(=O)CSc1nc2sc(-c3ccccc3)cc2c(=O)n1N. The first-order chi connectivity index (χ1) is 12.5. The molecule has 0 aliphatic carbocycles. The quantitative estimate of drug-likeness (QED) is 0.352. The van der Waals surface area contributed by atoms with Crippen LogP contribution in [0.15, 0.2) is 46.3 Å². The van der Waals surface area contributed by atoms with Crippen molar-refractivity contribution >= 4 is 45.3 Å². The number of urea groups is 1. The number of nitrogens with two attached hydrogens (primary N) is 1. The maximum absolute atomic E-state index is 12.5. The summed E-state index contributed by atoms with van der Waals surface area (Å²) in [5.74, 6) is 5.21. The van der Waals surface area contributed by atoms with Crippen LogP contribution in [0.2, 0.25) is 0 Å². The standard InChI is InChI=1S/C16H15N5O3S2/c1-18-15(24)19-12(22)8-25-16-20-13-10(14(23)21(16)17)7-11(26-13)9-5-3-2-4-6-9/h2-7H,8,17H2,1H3,(H2,18,19,22,24). The van der Waals surface area contributed by atoms with Crippen molar-refractivity contribution in [3.63, 3.8) is 0 Å². The molecule has 0 saturated heterocycles. The molecule has 3 aromatic rings. The number of amides is 3. The summed E-state index contributed by atoms with van der Waals surface area (Å²) in [6.45, 7) is 0. The van der Waals surface area contributed by atoms with E-state index in [0.29, 0.717) is 10.2 Å². The van der Waals surface area contributed by atoms with Gasteiger partial charge in [0.1, 0.15) is 4.83 Å². The Hall–Kier alpha value is -2.85. The van der Waals surface area contributed by atoms with E-state index in [0.717, 1.165) is 26.9 Å². The lowest BCUT2D eigenvalue weighted by Gasteiger charge is -2.06. The first-order valence-corrected chi connectivity index (χ1v) is 9.31.